The zero-order valence-corrected chi connectivity index (χ0v) is 32.8. The molecule has 0 N–H and O–H groups in total. The third kappa shape index (κ3) is 43.2. The highest BCUT2D eigenvalue weighted by atomic mass is 16.5. The third-order valence-electron chi connectivity index (χ3n) is 10.2. The van der Waals surface area contributed by atoms with Gasteiger partial charge in [0.05, 0.1) is 6.61 Å². The molecule has 2 nitrogen and oxygen atoms in total. The number of hydrogen-bond acceptors (Lipinski definition) is 2. The minimum Gasteiger partial charge on any atom is -0.466 e. The molecule has 0 aliphatic rings. The van der Waals surface area contributed by atoms with Crippen molar-refractivity contribution in [2.45, 2.75) is 264 Å². The topological polar surface area (TPSA) is 26.3 Å². The van der Waals surface area contributed by atoms with Gasteiger partial charge in [-0.15, -0.1) is 0 Å². The summed E-state index contributed by atoms with van der Waals surface area (Å²) in [6, 6.07) is 0. The summed E-state index contributed by atoms with van der Waals surface area (Å²) in [6.07, 6.45) is 57.5. The van der Waals surface area contributed by atoms with Crippen molar-refractivity contribution < 1.29 is 9.53 Å². The van der Waals surface area contributed by atoms with Gasteiger partial charge >= 0.3 is 5.97 Å². The van der Waals surface area contributed by atoms with E-state index >= 15 is 0 Å². The molecule has 0 saturated carbocycles. The first kappa shape index (κ1) is 46.2. The van der Waals surface area contributed by atoms with E-state index < -0.39 is 0 Å². The molecule has 0 aromatic heterocycles. The van der Waals surface area contributed by atoms with E-state index in [9.17, 15) is 4.79 Å². The van der Waals surface area contributed by atoms with Crippen LogP contribution in [0.3, 0.4) is 0 Å². The Bertz CT molecular complexity index is 597. The van der Waals surface area contributed by atoms with Crippen molar-refractivity contribution >= 4 is 5.97 Å². The van der Waals surface area contributed by atoms with Crippen LogP contribution in [0.25, 0.3) is 0 Å². The number of rotatable bonds is 41. The predicted molar refractivity (Wildman–Crippen MR) is 212 cm³/mol. The Hall–Kier alpha value is -0.790. The normalized spacial score (nSPS) is 11.6. The Kier molecular flexibility index (Phi) is 42.5. The van der Waals surface area contributed by atoms with Gasteiger partial charge in [0.2, 0.25) is 0 Å². The first-order valence-electron chi connectivity index (χ1n) is 22.1. The lowest BCUT2D eigenvalue weighted by Crippen LogP contribution is -2.05. The van der Waals surface area contributed by atoms with Gasteiger partial charge in [-0.1, -0.05) is 231 Å². The van der Waals surface area contributed by atoms with Crippen molar-refractivity contribution in [3.63, 3.8) is 0 Å². The standard InChI is InChI=1S/C45H88O2/c1-3-5-7-9-11-13-15-17-19-21-22-23-24-25-26-28-30-32-34-36-38-40-42-44-47-45(46)43-41-39-37-35-33-31-29-27-20-18-16-14-12-10-8-6-4-2/h18,20H,3-17,19,21-44H2,1-2H3. The van der Waals surface area contributed by atoms with Gasteiger partial charge < -0.3 is 4.74 Å². The number of carbonyl (C=O) groups excluding carboxylic acids is 1. The fourth-order valence-corrected chi connectivity index (χ4v) is 6.84. The summed E-state index contributed by atoms with van der Waals surface area (Å²) in [5.41, 5.74) is 0. The van der Waals surface area contributed by atoms with Crippen LogP contribution in [-0.2, 0) is 9.53 Å². The van der Waals surface area contributed by atoms with Crippen molar-refractivity contribution in [3.8, 4) is 0 Å². The van der Waals surface area contributed by atoms with Crippen LogP contribution in [0.4, 0.5) is 0 Å². The van der Waals surface area contributed by atoms with Crippen LogP contribution in [0.2, 0.25) is 0 Å². The molecule has 280 valence electrons. The van der Waals surface area contributed by atoms with E-state index in [2.05, 4.69) is 26.0 Å². The minimum atomic E-state index is 0.0246. The molecule has 0 bridgehead atoms. The molecule has 0 amide bonds. The summed E-state index contributed by atoms with van der Waals surface area (Å²) < 4.78 is 5.47. The predicted octanol–water partition coefficient (Wildman–Crippen LogP) is 16.3. The highest BCUT2D eigenvalue weighted by molar-refractivity contribution is 5.69. The van der Waals surface area contributed by atoms with Crippen LogP contribution in [0, 0.1) is 0 Å². The largest absolute Gasteiger partial charge is 0.466 e. The van der Waals surface area contributed by atoms with Crippen LogP contribution in [0.15, 0.2) is 12.2 Å². The number of unbranched alkanes of at least 4 members (excludes halogenated alkanes) is 35. The molecule has 0 saturated heterocycles. The first-order valence-corrected chi connectivity index (χ1v) is 22.1. The summed E-state index contributed by atoms with van der Waals surface area (Å²) >= 11 is 0. The zero-order chi connectivity index (χ0) is 34.0. The molecule has 0 aliphatic heterocycles. The van der Waals surface area contributed by atoms with Crippen LogP contribution >= 0.6 is 0 Å². The summed E-state index contributed by atoms with van der Waals surface area (Å²) in [7, 11) is 0. The zero-order valence-electron chi connectivity index (χ0n) is 32.8. The molecule has 0 spiro atoms. The smallest absolute Gasteiger partial charge is 0.305 e. The Morgan fingerprint density at radius 3 is 0.915 bits per heavy atom. The molecule has 0 unspecified atom stereocenters. The summed E-state index contributed by atoms with van der Waals surface area (Å²) in [5, 5.41) is 0. The average molecular weight is 661 g/mol. The Labute approximate surface area is 297 Å². The average Bonchev–Trinajstić information content (AvgIpc) is 3.08. The van der Waals surface area contributed by atoms with E-state index in [0.717, 1.165) is 12.8 Å². The second-order valence-corrected chi connectivity index (χ2v) is 15.0. The number of esters is 1. The van der Waals surface area contributed by atoms with Gasteiger partial charge in [0.25, 0.3) is 0 Å². The maximum Gasteiger partial charge on any atom is 0.305 e. The maximum atomic E-state index is 12.0. The molecular weight excluding hydrogens is 572 g/mol. The third-order valence-corrected chi connectivity index (χ3v) is 10.2. The molecule has 0 fully saturated rings. The fraction of sp³-hybridized carbons (Fsp3) is 0.933. The van der Waals surface area contributed by atoms with Crippen molar-refractivity contribution in [1.82, 2.24) is 0 Å². The van der Waals surface area contributed by atoms with Crippen LogP contribution in [0.5, 0.6) is 0 Å². The van der Waals surface area contributed by atoms with Crippen LogP contribution < -0.4 is 0 Å². The SMILES string of the molecule is CCCCCCCCC=CCCCCCCCCCC(=O)OCCCCCCCCCCCCCCCCCCCCCCCCC. The number of carbonyl (C=O) groups is 1. The summed E-state index contributed by atoms with van der Waals surface area (Å²) in [6.45, 7) is 5.22. The number of ether oxygens (including phenoxy) is 1. The molecule has 0 radical (unpaired) electrons. The Morgan fingerprint density at radius 2 is 0.596 bits per heavy atom. The lowest BCUT2D eigenvalue weighted by Gasteiger charge is -2.06. The monoisotopic (exact) mass is 661 g/mol. The highest BCUT2D eigenvalue weighted by Gasteiger charge is 2.03. The van der Waals surface area contributed by atoms with Gasteiger partial charge in [0.15, 0.2) is 0 Å². The van der Waals surface area contributed by atoms with Gasteiger partial charge in [0, 0.05) is 6.42 Å². The van der Waals surface area contributed by atoms with Gasteiger partial charge in [-0.2, -0.15) is 0 Å². The first-order chi connectivity index (χ1) is 23.3. The van der Waals surface area contributed by atoms with Gasteiger partial charge in [-0.3, -0.25) is 4.79 Å². The second kappa shape index (κ2) is 43.2. The van der Waals surface area contributed by atoms with Crippen molar-refractivity contribution in [2.24, 2.45) is 0 Å². The molecule has 0 heterocycles. The minimum absolute atomic E-state index is 0.0246. The summed E-state index contributed by atoms with van der Waals surface area (Å²) in [4.78, 5) is 12.0. The Balaban J connectivity index is 3.16. The quantitative estimate of drug-likeness (QED) is 0.0370. The van der Waals surface area contributed by atoms with Crippen LogP contribution in [0.1, 0.15) is 264 Å². The Morgan fingerprint density at radius 1 is 0.340 bits per heavy atom. The molecule has 2 heteroatoms. The molecule has 0 aromatic carbocycles. The van der Waals surface area contributed by atoms with Gasteiger partial charge in [0.1, 0.15) is 0 Å². The fourth-order valence-electron chi connectivity index (χ4n) is 6.84. The van der Waals surface area contributed by atoms with E-state index in [1.54, 1.807) is 0 Å². The van der Waals surface area contributed by atoms with E-state index in [-0.39, 0.29) is 5.97 Å². The van der Waals surface area contributed by atoms with E-state index in [0.29, 0.717) is 13.0 Å². The lowest BCUT2D eigenvalue weighted by atomic mass is 10.0. The molecule has 0 rings (SSSR count). The van der Waals surface area contributed by atoms with Gasteiger partial charge in [-0.05, 0) is 38.5 Å². The second-order valence-electron chi connectivity index (χ2n) is 15.0. The van der Waals surface area contributed by atoms with Crippen LogP contribution in [-0.4, -0.2) is 12.6 Å². The molecule has 47 heavy (non-hydrogen) atoms. The van der Waals surface area contributed by atoms with Gasteiger partial charge in [-0.25, -0.2) is 0 Å². The molecule has 0 atom stereocenters. The lowest BCUT2D eigenvalue weighted by molar-refractivity contribution is -0.143. The number of allylic oxidation sites excluding steroid dienone is 2. The molecule has 0 aliphatic carbocycles. The summed E-state index contributed by atoms with van der Waals surface area (Å²) in [5.74, 6) is 0.0246. The van der Waals surface area contributed by atoms with Crippen molar-refractivity contribution in [2.75, 3.05) is 6.61 Å². The van der Waals surface area contributed by atoms with Crippen molar-refractivity contribution in [1.29, 1.82) is 0 Å². The van der Waals surface area contributed by atoms with E-state index in [1.807, 2.05) is 0 Å². The molecule has 0 aromatic rings. The van der Waals surface area contributed by atoms with E-state index in [4.69, 9.17) is 4.74 Å². The molecular formula is C45H88O2. The van der Waals surface area contributed by atoms with E-state index in [1.165, 1.54) is 231 Å². The maximum absolute atomic E-state index is 12.0. The highest BCUT2D eigenvalue weighted by Crippen LogP contribution is 2.16. The number of hydrogen-bond donors (Lipinski definition) is 0. The van der Waals surface area contributed by atoms with Crippen molar-refractivity contribution in [3.05, 3.63) is 12.2 Å².